The minimum absolute atomic E-state index is 0.893. The molecule has 0 amide bonds. The number of aromatic nitrogens is 2. The Hall–Kier alpha value is -1.32. The van der Waals surface area contributed by atoms with Gasteiger partial charge in [0.2, 0.25) is 0 Å². The number of rotatable bonds is 8. The molecule has 1 saturated carbocycles. The highest BCUT2D eigenvalue weighted by Gasteiger charge is 2.16. The maximum absolute atomic E-state index is 4.58. The maximum Gasteiger partial charge on any atom is 0.133 e. The van der Waals surface area contributed by atoms with Gasteiger partial charge in [-0.1, -0.05) is 26.2 Å². The summed E-state index contributed by atoms with van der Waals surface area (Å²) in [6, 6.07) is 2.02. The van der Waals surface area contributed by atoms with Gasteiger partial charge in [-0.15, -0.1) is 0 Å². The second-order valence-corrected chi connectivity index (χ2v) is 5.35. The predicted octanol–water partition coefficient (Wildman–Crippen LogP) is 3.46. The van der Waals surface area contributed by atoms with Gasteiger partial charge in [-0.05, 0) is 25.7 Å². The van der Waals surface area contributed by atoms with E-state index >= 15 is 0 Å². The van der Waals surface area contributed by atoms with Crippen molar-refractivity contribution in [2.45, 2.75) is 52.4 Å². The minimum atomic E-state index is 0.893. The van der Waals surface area contributed by atoms with Gasteiger partial charge in [0.1, 0.15) is 17.5 Å². The van der Waals surface area contributed by atoms with E-state index in [0.717, 1.165) is 49.3 Å². The van der Waals surface area contributed by atoms with Crippen LogP contribution >= 0.6 is 0 Å². The van der Waals surface area contributed by atoms with Crippen LogP contribution in [0.3, 0.4) is 0 Å². The van der Waals surface area contributed by atoms with E-state index in [1.54, 1.807) is 0 Å². The molecular formula is C15H26N4. The second-order valence-electron chi connectivity index (χ2n) is 5.35. The fourth-order valence-corrected chi connectivity index (χ4v) is 2.38. The lowest BCUT2D eigenvalue weighted by atomic mass is 9.83. The van der Waals surface area contributed by atoms with Gasteiger partial charge < -0.3 is 10.6 Å². The first kappa shape index (κ1) is 14.1. The number of hydrogen-bond donors (Lipinski definition) is 2. The Labute approximate surface area is 116 Å². The molecule has 1 aromatic heterocycles. The zero-order valence-electron chi connectivity index (χ0n) is 12.2. The Morgan fingerprint density at radius 2 is 1.89 bits per heavy atom. The van der Waals surface area contributed by atoms with E-state index in [1.807, 2.05) is 6.07 Å². The molecule has 0 aliphatic heterocycles. The van der Waals surface area contributed by atoms with Crippen LogP contribution in [0.15, 0.2) is 6.07 Å². The highest BCUT2D eigenvalue weighted by molar-refractivity contribution is 5.47. The molecule has 0 saturated heterocycles. The van der Waals surface area contributed by atoms with E-state index in [0.29, 0.717) is 0 Å². The van der Waals surface area contributed by atoms with Crippen molar-refractivity contribution in [2.75, 3.05) is 23.7 Å². The summed E-state index contributed by atoms with van der Waals surface area (Å²) in [7, 11) is 0. The van der Waals surface area contributed by atoms with E-state index in [2.05, 4.69) is 34.4 Å². The third-order valence-electron chi connectivity index (χ3n) is 3.69. The van der Waals surface area contributed by atoms with Crippen molar-refractivity contribution in [3.05, 3.63) is 11.9 Å². The molecule has 1 aliphatic rings. The second kappa shape index (κ2) is 7.31. The van der Waals surface area contributed by atoms with Crippen LogP contribution in [0, 0.1) is 5.92 Å². The Morgan fingerprint density at radius 1 is 1.16 bits per heavy atom. The van der Waals surface area contributed by atoms with Crippen molar-refractivity contribution in [1.29, 1.82) is 0 Å². The van der Waals surface area contributed by atoms with E-state index in [1.165, 1.54) is 25.7 Å². The smallest absolute Gasteiger partial charge is 0.133 e. The van der Waals surface area contributed by atoms with Crippen molar-refractivity contribution in [2.24, 2.45) is 5.92 Å². The largest absolute Gasteiger partial charge is 0.370 e. The van der Waals surface area contributed by atoms with Crippen LogP contribution in [-0.4, -0.2) is 23.1 Å². The Balaban J connectivity index is 1.92. The summed E-state index contributed by atoms with van der Waals surface area (Å²) >= 11 is 0. The van der Waals surface area contributed by atoms with Crippen molar-refractivity contribution in [3.63, 3.8) is 0 Å². The van der Waals surface area contributed by atoms with Crippen LogP contribution in [0.4, 0.5) is 11.6 Å². The standard InChI is InChI=1S/C15H26N4/c1-3-6-13-18-14(16-4-2)11-15(19-13)17-10-9-12-7-5-8-12/h11-12H,3-10H2,1-2H3,(H2,16,17,18,19). The topological polar surface area (TPSA) is 49.8 Å². The van der Waals surface area contributed by atoms with E-state index in [4.69, 9.17) is 0 Å². The van der Waals surface area contributed by atoms with E-state index < -0.39 is 0 Å². The van der Waals surface area contributed by atoms with Gasteiger partial charge in [0.05, 0.1) is 0 Å². The molecule has 0 aromatic carbocycles. The molecule has 2 rings (SSSR count). The molecule has 106 valence electrons. The van der Waals surface area contributed by atoms with E-state index in [-0.39, 0.29) is 0 Å². The number of hydrogen-bond acceptors (Lipinski definition) is 4. The molecule has 0 bridgehead atoms. The molecule has 1 aromatic rings. The molecule has 19 heavy (non-hydrogen) atoms. The lowest BCUT2D eigenvalue weighted by Gasteiger charge is -2.25. The first-order valence-electron chi connectivity index (χ1n) is 7.67. The summed E-state index contributed by atoms with van der Waals surface area (Å²) in [4.78, 5) is 9.11. The van der Waals surface area contributed by atoms with Crippen LogP contribution < -0.4 is 10.6 Å². The normalized spacial score (nSPS) is 15.1. The Kier molecular flexibility index (Phi) is 5.43. The van der Waals surface area contributed by atoms with Crippen molar-refractivity contribution in [1.82, 2.24) is 9.97 Å². The molecular weight excluding hydrogens is 236 g/mol. The average Bonchev–Trinajstić information content (AvgIpc) is 2.33. The van der Waals surface area contributed by atoms with Gasteiger partial charge in [0, 0.05) is 25.6 Å². The fourth-order valence-electron chi connectivity index (χ4n) is 2.38. The molecule has 0 radical (unpaired) electrons. The summed E-state index contributed by atoms with van der Waals surface area (Å²) in [5.74, 6) is 3.78. The van der Waals surface area contributed by atoms with Crippen LogP contribution in [0.25, 0.3) is 0 Å². The molecule has 0 unspecified atom stereocenters. The van der Waals surface area contributed by atoms with Gasteiger partial charge in [0.15, 0.2) is 0 Å². The minimum Gasteiger partial charge on any atom is -0.370 e. The molecule has 1 aliphatic carbocycles. The molecule has 2 N–H and O–H groups in total. The molecule has 4 heteroatoms. The number of nitrogens with one attached hydrogen (secondary N) is 2. The van der Waals surface area contributed by atoms with Crippen LogP contribution in [-0.2, 0) is 6.42 Å². The van der Waals surface area contributed by atoms with E-state index in [9.17, 15) is 0 Å². The summed E-state index contributed by atoms with van der Waals surface area (Å²) in [5, 5.41) is 6.73. The van der Waals surface area contributed by atoms with Gasteiger partial charge in [0.25, 0.3) is 0 Å². The molecule has 1 fully saturated rings. The summed E-state index contributed by atoms with van der Waals surface area (Å²) in [5.41, 5.74) is 0. The number of nitrogens with zero attached hydrogens (tertiary/aromatic N) is 2. The maximum atomic E-state index is 4.58. The number of anilines is 2. The van der Waals surface area contributed by atoms with Gasteiger partial charge in [-0.3, -0.25) is 0 Å². The molecule has 0 atom stereocenters. The first-order valence-corrected chi connectivity index (χ1v) is 7.67. The lowest BCUT2D eigenvalue weighted by Crippen LogP contribution is -2.16. The third kappa shape index (κ3) is 4.37. The highest BCUT2D eigenvalue weighted by Crippen LogP contribution is 2.29. The third-order valence-corrected chi connectivity index (χ3v) is 3.69. The summed E-state index contributed by atoms with van der Waals surface area (Å²) < 4.78 is 0. The van der Waals surface area contributed by atoms with Gasteiger partial charge >= 0.3 is 0 Å². The molecule has 4 nitrogen and oxygen atoms in total. The van der Waals surface area contributed by atoms with Gasteiger partial charge in [-0.25, -0.2) is 9.97 Å². The highest BCUT2D eigenvalue weighted by atomic mass is 15.1. The SMILES string of the molecule is CCCc1nc(NCC)cc(NCCC2CCC2)n1. The lowest BCUT2D eigenvalue weighted by molar-refractivity contribution is 0.303. The molecule has 0 spiro atoms. The first-order chi connectivity index (χ1) is 9.31. The predicted molar refractivity (Wildman–Crippen MR) is 80.6 cm³/mol. The quantitative estimate of drug-likeness (QED) is 0.753. The van der Waals surface area contributed by atoms with Crippen molar-refractivity contribution >= 4 is 11.6 Å². The Morgan fingerprint density at radius 3 is 2.47 bits per heavy atom. The van der Waals surface area contributed by atoms with Crippen molar-refractivity contribution < 1.29 is 0 Å². The van der Waals surface area contributed by atoms with Gasteiger partial charge in [-0.2, -0.15) is 0 Å². The monoisotopic (exact) mass is 262 g/mol. The molecule has 1 heterocycles. The average molecular weight is 262 g/mol. The zero-order valence-corrected chi connectivity index (χ0v) is 12.2. The van der Waals surface area contributed by atoms with Crippen LogP contribution in [0.2, 0.25) is 0 Å². The fraction of sp³-hybridized carbons (Fsp3) is 0.733. The van der Waals surface area contributed by atoms with Crippen molar-refractivity contribution in [3.8, 4) is 0 Å². The van der Waals surface area contributed by atoms with Crippen LogP contribution in [0.1, 0.15) is 51.8 Å². The van der Waals surface area contributed by atoms with Crippen LogP contribution in [0.5, 0.6) is 0 Å². The zero-order chi connectivity index (χ0) is 13.5. The summed E-state index contributed by atoms with van der Waals surface area (Å²) in [6.45, 7) is 6.17. The summed E-state index contributed by atoms with van der Waals surface area (Å²) in [6.07, 6.45) is 7.53. The Bertz CT molecular complexity index is 363. The number of aryl methyl sites for hydroxylation is 1.